The Morgan fingerprint density at radius 3 is 2.25 bits per heavy atom. The number of aliphatic carboxylic acids is 1. The monoisotopic (exact) mass is 772 g/mol. The molecule has 56 heavy (non-hydrogen) atoms. The van der Waals surface area contributed by atoms with Crippen LogP contribution in [0.4, 0.5) is 0 Å². The van der Waals surface area contributed by atoms with Crippen molar-refractivity contribution in [2.24, 2.45) is 0 Å². The van der Waals surface area contributed by atoms with Crippen LogP contribution in [0.2, 0.25) is 0 Å². The van der Waals surface area contributed by atoms with Crippen LogP contribution >= 0.6 is 0 Å². The molecule has 7 N–H and O–H groups in total. The van der Waals surface area contributed by atoms with Crippen LogP contribution in [0.15, 0.2) is 18.2 Å². The van der Waals surface area contributed by atoms with Crippen LogP contribution in [0.1, 0.15) is 115 Å². The molecular formula is C42H56N6O8. The molecule has 0 saturated carbocycles. The Labute approximate surface area is 327 Å². The van der Waals surface area contributed by atoms with Crippen LogP contribution in [-0.2, 0) is 32.0 Å². The summed E-state index contributed by atoms with van der Waals surface area (Å²) in [4.78, 5) is 58.8. The number of aromatic nitrogens is 4. The Hall–Kier alpha value is -4.89. The van der Waals surface area contributed by atoms with E-state index >= 15 is 0 Å². The average Bonchev–Trinajstić information content (AvgIpc) is 3.84. The molecule has 0 saturated heterocycles. The van der Waals surface area contributed by atoms with Gasteiger partial charge in [0.2, 0.25) is 0 Å². The molecule has 3 aromatic rings. The lowest BCUT2D eigenvalue weighted by Crippen LogP contribution is -2.33. The van der Waals surface area contributed by atoms with Gasteiger partial charge < -0.3 is 40.4 Å². The van der Waals surface area contributed by atoms with Crippen LogP contribution in [0.5, 0.6) is 0 Å². The van der Waals surface area contributed by atoms with Crippen LogP contribution in [0.3, 0.4) is 0 Å². The van der Waals surface area contributed by atoms with Gasteiger partial charge in [-0.3, -0.25) is 24.3 Å². The Morgan fingerprint density at radius 1 is 0.946 bits per heavy atom. The average molecular weight is 773 g/mol. The van der Waals surface area contributed by atoms with Crippen molar-refractivity contribution in [1.29, 1.82) is 0 Å². The lowest BCUT2D eigenvalue weighted by molar-refractivity contribution is -0.140. The first-order valence-electron chi connectivity index (χ1n) is 19.4. The fourth-order valence-corrected chi connectivity index (χ4v) is 8.09. The van der Waals surface area contributed by atoms with Crippen LogP contribution < -0.4 is 5.32 Å². The van der Waals surface area contributed by atoms with Crippen LogP contribution in [0, 0.1) is 13.8 Å². The zero-order valence-corrected chi connectivity index (χ0v) is 33.5. The summed E-state index contributed by atoms with van der Waals surface area (Å²) in [6, 6.07) is 5.83. The summed E-state index contributed by atoms with van der Waals surface area (Å²) in [6.07, 6.45) is 0.305. The van der Waals surface area contributed by atoms with E-state index in [1.807, 2.05) is 50.8 Å². The van der Waals surface area contributed by atoms with E-state index < -0.39 is 29.9 Å². The number of carbonyl (C=O) groups excluding carboxylic acids is 2. The SMILES string of the molecule is CCc1c(C)c2cc3[nH]c(cc4nc(c(CC(=O)OC)c5nc(cc1[nH]2)C(C)=C5C(=O)NCCCN(CCO)CCO)C(CCC(=O)O)C4C)c(C)c3C(C)O. The quantitative estimate of drug-likeness (QED) is 0.0780. The minimum atomic E-state index is -0.966. The molecule has 1 amide bonds. The molecule has 2 aliphatic heterocycles. The van der Waals surface area contributed by atoms with Crippen LogP contribution in [0.25, 0.3) is 33.2 Å². The predicted molar refractivity (Wildman–Crippen MR) is 215 cm³/mol. The number of ether oxygens (including phenoxy) is 1. The van der Waals surface area contributed by atoms with Crippen molar-refractivity contribution in [2.45, 2.75) is 91.6 Å². The smallest absolute Gasteiger partial charge is 0.310 e. The summed E-state index contributed by atoms with van der Waals surface area (Å²) in [6.45, 7) is 13.1. The number of amides is 1. The minimum Gasteiger partial charge on any atom is -0.481 e. The maximum absolute atomic E-state index is 14.3. The number of aliphatic hydroxyl groups excluding tert-OH is 3. The molecule has 5 rings (SSSR count). The molecule has 0 radical (unpaired) electrons. The highest BCUT2D eigenvalue weighted by Gasteiger charge is 2.36. The summed E-state index contributed by atoms with van der Waals surface area (Å²) in [5.74, 6) is -2.64. The highest BCUT2D eigenvalue weighted by Crippen LogP contribution is 2.44. The van der Waals surface area contributed by atoms with E-state index in [0.717, 1.165) is 44.3 Å². The van der Waals surface area contributed by atoms with Crippen molar-refractivity contribution in [3.63, 3.8) is 0 Å². The van der Waals surface area contributed by atoms with Crippen molar-refractivity contribution in [2.75, 3.05) is 46.5 Å². The topological polar surface area (TPSA) is 214 Å². The number of methoxy groups -OCH3 is 1. The Bertz CT molecular complexity index is 2160. The molecule has 0 aromatic carbocycles. The molecule has 0 spiro atoms. The molecule has 2 aliphatic rings. The summed E-state index contributed by atoms with van der Waals surface area (Å²) < 4.78 is 5.18. The summed E-state index contributed by atoms with van der Waals surface area (Å²) in [7, 11) is 1.29. The van der Waals surface area contributed by atoms with Gasteiger partial charge >= 0.3 is 11.9 Å². The number of esters is 1. The fraction of sp³-hybridized carbons (Fsp3) is 0.500. The van der Waals surface area contributed by atoms with Crippen molar-refractivity contribution in [1.82, 2.24) is 30.2 Å². The third-order valence-electron chi connectivity index (χ3n) is 11.2. The number of hydrogen-bond donors (Lipinski definition) is 7. The minimum absolute atomic E-state index is 0.0485. The van der Waals surface area contributed by atoms with E-state index in [2.05, 4.69) is 22.2 Å². The second kappa shape index (κ2) is 18.4. The number of carboxylic acid groups (broad SMARTS) is 1. The summed E-state index contributed by atoms with van der Waals surface area (Å²) in [5, 5.41) is 42.6. The molecular weight excluding hydrogens is 716 g/mol. The van der Waals surface area contributed by atoms with E-state index in [9.17, 15) is 34.8 Å². The molecule has 0 fully saturated rings. The van der Waals surface area contributed by atoms with Gasteiger partial charge in [0.05, 0.1) is 55.5 Å². The molecule has 5 heterocycles. The highest BCUT2D eigenvalue weighted by molar-refractivity contribution is 6.27. The number of allylic oxidation sites excluding steroid dienone is 1. The Balaban J connectivity index is 1.85. The van der Waals surface area contributed by atoms with Gasteiger partial charge in [-0.05, 0) is 94.0 Å². The first-order chi connectivity index (χ1) is 26.7. The second-order valence-electron chi connectivity index (χ2n) is 14.7. The number of fused-ring (bicyclic) bond motifs is 8. The molecule has 3 aromatic heterocycles. The molecule has 302 valence electrons. The van der Waals surface area contributed by atoms with Crippen molar-refractivity contribution in [3.05, 3.63) is 68.8 Å². The molecule has 0 aliphatic carbocycles. The normalized spacial score (nSPS) is 16.1. The number of aryl methyl sites for hydroxylation is 3. The number of aliphatic hydroxyl groups is 3. The number of nitrogens with zero attached hydrogens (tertiary/aromatic N) is 3. The Kier molecular flexibility index (Phi) is 13.9. The molecule has 8 bridgehead atoms. The lowest BCUT2D eigenvalue weighted by atomic mass is 9.84. The first-order valence-corrected chi connectivity index (χ1v) is 19.4. The van der Waals surface area contributed by atoms with Gasteiger partial charge in [-0.15, -0.1) is 0 Å². The number of H-pyrrole nitrogens is 2. The number of aromatic amines is 2. The standard InChI is InChI=1S/C42H56N6O8/c1-8-27-22(2)30-21-35-38(26(6)51)24(4)32(45-35)19-31-23(3)28(10-11-36(52)53)40(46-31)29(18-37(54)56-7)41-39(25(5)33(47-41)20-34(27)44-30)42(55)43-12-9-13-48(14-16-49)15-17-50/h19-21,23,26,28,44-45,49-51H,8-18H2,1-7H3,(H,43,55)(H,52,53). The first kappa shape index (κ1) is 42.3. The van der Waals surface area contributed by atoms with E-state index in [1.54, 1.807) is 6.92 Å². The zero-order valence-electron chi connectivity index (χ0n) is 33.5. The van der Waals surface area contributed by atoms with Gasteiger partial charge in [0.25, 0.3) is 5.91 Å². The lowest BCUT2D eigenvalue weighted by Gasteiger charge is -2.20. The molecule has 3 atom stereocenters. The number of rotatable bonds is 16. The number of nitrogens with one attached hydrogen (secondary N) is 3. The largest absolute Gasteiger partial charge is 0.481 e. The van der Waals surface area contributed by atoms with Crippen molar-refractivity contribution >= 4 is 51.1 Å². The van der Waals surface area contributed by atoms with Gasteiger partial charge in [-0.25, -0.2) is 4.98 Å². The van der Waals surface area contributed by atoms with E-state index in [4.69, 9.17) is 14.7 Å². The third kappa shape index (κ3) is 8.88. The second-order valence-corrected chi connectivity index (χ2v) is 14.7. The number of carbonyl (C=O) groups is 3. The van der Waals surface area contributed by atoms with Gasteiger partial charge in [0, 0.05) is 76.8 Å². The van der Waals surface area contributed by atoms with Crippen molar-refractivity contribution < 1.29 is 39.5 Å². The maximum atomic E-state index is 14.3. The van der Waals surface area contributed by atoms with E-state index in [0.29, 0.717) is 67.2 Å². The van der Waals surface area contributed by atoms with Gasteiger partial charge in [0.1, 0.15) is 0 Å². The van der Waals surface area contributed by atoms with Crippen LogP contribution in [-0.4, -0.2) is 110 Å². The van der Waals surface area contributed by atoms with Gasteiger partial charge in [-0.2, -0.15) is 0 Å². The number of carboxylic acids is 1. The third-order valence-corrected chi connectivity index (χ3v) is 11.2. The van der Waals surface area contributed by atoms with Crippen molar-refractivity contribution in [3.8, 4) is 0 Å². The van der Waals surface area contributed by atoms with E-state index in [-0.39, 0.29) is 49.7 Å². The predicted octanol–water partition coefficient (Wildman–Crippen LogP) is 4.74. The fourth-order valence-electron chi connectivity index (χ4n) is 8.09. The maximum Gasteiger partial charge on any atom is 0.310 e. The summed E-state index contributed by atoms with van der Waals surface area (Å²) in [5.41, 5.74) is 10.0. The summed E-state index contributed by atoms with van der Waals surface area (Å²) >= 11 is 0. The Morgan fingerprint density at radius 2 is 1.62 bits per heavy atom. The molecule has 3 unspecified atom stereocenters. The van der Waals surface area contributed by atoms with Gasteiger partial charge in [0.15, 0.2) is 0 Å². The van der Waals surface area contributed by atoms with Gasteiger partial charge in [-0.1, -0.05) is 13.8 Å². The molecule has 14 nitrogen and oxygen atoms in total. The molecule has 14 heteroatoms. The highest BCUT2D eigenvalue weighted by atomic mass is 16.5. The van der Waals surface area contributed by atoms with E-state index in [1.165, 1.54) is 7.11 Å². The zero-order chi connectivity index (χ0) is 40.8. The number of hydrogen-bond acceptors (Lipinski definition) is 10.